The van der Waals surface area contributed by atoms with E-state index in [0.717, 1.165) is 0 Å². The molecule has 1 aliphatic heterocycles. The van der Waals surface area contributed by atoms with Crippen molar-refractivity contribution < 1.29 is 32.6 Å². The van der Waals surface area contributed by atoms with E-state index in [0.29, 0.717) is 42.8 Å². The second kappa shape index (κ2) is 7.83. The van der Waals surface area contributed by atoms with Crippen molar-refractivity contribution in [3.63, 3.8) is 0 Å². The molecular weight excluding hydrogens is 379 g/mol. The maximum Gasteiger partial charge on any atom is 0.573 e. The molecule has 0 aliphatic carbocycles. The molecule has 3 rings (SSSR count). The van der Waals surface area contributed by atoms with Crippen LogP contribution in [0.4, 0.5) is 18.0 Å². The van der Waals surface area contributed by atoms with Crippen LogP contribution in [0.15, 0.2) is 36.5 Å². The summed E-state index contributed by atoms with van der Waals surface area (Å²) in [5, 5.41) is 13.7. The second-order valence-corrected chi connectivity index (χ2v) is 6.33. The number of hydrogen-bond acceptors (Lipinski definition) is 3. The Morgan fingerprint density at radius 2 is 2.11 bits per heavy atom. The molecule has 0 saturated heterocycles. The molecule has 1 aromatic carbocycles. The minimum absolute atomic E-state index is 0.0772. The van der Waals surface area contributed by atoms with Gasteiger partial charge in [-0.2, -0.15) is 0 Å². The van der Waals surface area contributed by atoms with E-state index in [-0.39, 0.29) is 17.7 Å². The van der Waals surface area contributed by atoms with Crippen LogP contribution in [-0.2, 0) is 0 Å². The molecule has 2 heterocycles. The minimum Gasteiger partial charge on any atom is -0.465 e. The van der Waals surface area contributed by atoms with Crippen LogP contribution in [0, 0.1) is 0 Å². The first-order valence-electron chi connectivity index (χ1n) is 8.56. The Kier molecular flexibility index (Phi) is 5.48. The third-order valence-electron chi connectivity index (χ3n) is 4.36. The number of amides is 2. The van der Waals surface area contributed by atoms with Crippen LogP contribution in [0.1, 0.15) is 29.4 Å². The van der Waals surface area contributed by atoms with Crippen molar-refractivity contribution in [1.29, 1.82) is 0 Å². The number of fused-ring (bicyclic) bond motifs is 1. The van der Waals surface area contributed by atoms with Crippen LogP contribution >= 0.6 is 0 Å². The first-order chi connectivity index (χ1) is 13.2. The molecule has 0 spiro atoms. The summed E-state index contributed by atoms with van der Waals surface area (Å²) in [4.78, 5) is 22.7. The van der Waals surface area contributed by atoms with Crippen LogP contribution in [0.3, 0.4) is 0 Å². The molecule has 7 nitrogen and oxygen atoms in total. The summed E-state index contributed by atoms with van der Waals surface area (Å²) in [6.07, 6.45) is -2.96. The van der Waals surface area contributed by atoms with Crippen LogP contribution in [-0.4, -0.2) is 41.1 Å². The minimum atomic E-state index is -4.78. The zero-order chi connectivity index (χ0) is 20.3. The fourth-order valence-electron chi connectivity index (χ4n) is 3.17. The molecule has 150 valence electrons. The Balaban J connectivity index is 1.80. The Morgan fingerprint density at radius 1 is 1.32 bits per heavy atom. The van der Waals surface area contributed by atoms with E-state index in [4.69, 9.17) is 5.11 Å². The van der Waals surface area contributed by atoms with E-state index < -0.39 is 12.5 Å². The lowest BCUT2D eigenvalue weighted by molar-refractivity contribution is -0.274. The number of halogens is 3. The third-order valence-corrected chi connectivity index (χ3v) is 4.36. The number of carbonyl (C=O) groups is 2. The molecule has 0 saturated carbocycles. The molecule has 0 radical (unpaired) electrons. The highest BCUT2D eigenvalue weighted by molar-refractivity contribution is 5.95. The summed E-state index contributed by atoms with van der Waals surface area (Å²) < 4.78 is 43.1. The highest BCUT2D eigenvalue weighted by Gasteiger charge is 2.31. The number of rotatable bonds is 6. The number of nitrogens with zero attached hydrogens (tertiary/aromatic N) is 1. The number of aromatic nitrogens is 1. The number of hydrogen-bond donors (Lipinski definition) is 3. The van der Waals surface area contributed by atoms with Gasteiger partial charge < -0.3 is 25.0 Å². The van der Waals surface area contributed by atoms with Gasteiger partial charge in [0.05, 0.1) is 6.04 Å². The predicted molar refractivity (Wildman–Crippen MR) is 93.2 cm³/mol. The predicted octanol–water partition coefficient (Wildman–Crippen LogP) is 3.39. The molecular formula is C18H18F3N3O4. The van der Waals surface area contributed by atoms with Crippen molar-refractivity contribution in [3.05, 3.63) is 42.2 Å². The van der Waals surface area contributed by atoms with Gasteiger partial charge in [0.2, 0.25) is 0 Å². The van der Waals surface area contributed by atoms with E-state index in [1.165, 1.54) is 18.2 Å². The molecule has 2 amide bonds. The summed E-state index contributed by atoms with van der Waals surface area (Å²) in [7, 11) is 0. The number of benzene rings is 1. The monoisotopic (exact) mass is 397 g/mol. The Labute approximate surface area is 158 Å². The highest BCUT2D eigenvalue weighted by Crippen LogP contribution is 2.31. The van der Waals surface area contributed by atoms with Crippen LogP contribution < -0.4 is 15.4 Å². The molecule has 28 heavy (non-hydrogen) atoms. The van der Waals surface area contributed by atoms with E-state index in [2.05, 4.69) is 15.4 Å². The summed E-state index contributed by atoms with van der Waals surface area (Å²) in [5.41, 5.74) is 1.48. The third kappa shape index (κ3) is 4.76. The van der Waals surface area contributed by atoms with E-state index in [9.17, 15) is 22.8 Å². The van der Waals surface area contributed by atoms with Crippen LogP contribution in [0.25, 0.3) is 11.1 Å². The molecule has 3 N–H and O–H groups in total. The van der Waals surface area contributed by atoms with Gasteiger partial charge in [0.25, 0.3) is 5.91 Å². The van der Waals surface area contributed by atoms with Crippen molar-refractivity contribution in [2.75, 3.05) is 13.1 Å². The summed E-state index contributed by atoms with van der Waals surface area (Å²) in [6.45, 7) is 0.685. The Bertz CT molecular complexity index is 879. The largest absolute Gasteiger partial charge is 0.573 e. The molecule has 1 aromatic heterocycles. The van der Waals surface area contributed by atoms with Gasteiger partial charge in [-0.3, -0.25) is 4.79 Å². The zero-order valence-corrected chi connectivity index (χ0v) is 14.6. The lowest BCUT2D eigenvalue weighted by Crippen LogP contribution is -2.38. The molecule has 2 aromatic rings. The second-order valence-electron chi connectivity index (χ2n) is 6.33. The van der Waals surface area contributed by atoms with E-state index in [1.54, 1.807) is 22.9 Å². The maximum absolute atomic E-state index is 12.4. The standard InChI is InChI=1S/C18H18F3N3O4/c19-18(20,21)28-14-5-1-3-11(7-14)12-8-15-16(25)23-9-13(24(15)10-12)4-2-6-22-17(26)27/h1,3,5,7-8,10,13,22H,2,4,6,9H2,(H,23,25)(H,26,27)/t13-/m0/s1. The quantitative estimate of drug-likeness (QED) is 0.652. The molecule has 0 fully saturated rings. The fourth-order valence-corrected chi connectivity index (χ4v) is 3.17. The van der Waals surface area contributed by atoms with Gasteiger partial charge in [-0.25, -0.2) is 4.79 Å². The van der Waals surface area contributed by atoms with Gasteiger partial charge in [0.1, 0.15) is 11.4 Å². The number of alkyl halides is 3. The van der Waals surface area contributed by atoms with Gasteiger partial charge in [0, 0.05) is 24.8 Å². The smallest absolute Gasteiger partial charge is 0.465 e. The SMILES string of the molecule is O=C(O)NCCC[C@H]1CNC(=O)c2cc(-c3cccc(OC(F)(F)F)c3)cn21. The van der Waals surface area contributed by atoms with Crippen molar-refractivity contribution in [2.24, 2.45) is 0 Å². The zero-order valence-electron chi connectivity index (χ0n) is 14.6. The Morgan fingerprint density at radius 3 is 2.82 bits per heavy atom. The summed E-state index contributed by atoms with van der Waals surface area (Å²) in [5.74, 6) is -0.608. The number of carboxylic acid groups (broad SMARTS) is 1. The first kappa shape index (κ1) is 19.6. The summed E-state index contributed by atoms with van der Waals surface area (Å²) in [6, 6.07) is 7.09. The fraction of sp³-hybridized carbons (Fsp3) is 0.333. The number of ether oxygens (including phenoxy) is 1. The normalized spacial score (nSPS) is 16.2. The molecule has 1 aliphatic rings. The van der Waals surface area contributed by atoms with Crippen LogP contribution in [0.5, 0.6) is 5.75 Å². The average Bonchev–Trinajstić information content (AvgIpc) is 3.05. The van der Waals surface area contributed by atoms with Gasteiger partial charge in [-0.15, -0.1) is 13.2 Å². The average molecular weight is 397 g/mol. The Hall–Kier alpha value is -3.17. The van der Waals surface area contributed by atoms with Gasteiger partial charge >= 0.3 is 12.5 Å². The van der Waals surface area contributed by atoms with Gasteiger partial charge in [-0.05, 0) is 36.6 Å². The van der Waals surface area contributed by atoms with Gasteiger partial charge in [-0.1, -0.05) is 12.1 Å². The number of carbonyl (C=O) groups excluding carboxylic acids is 1. The summed E-state index contributed by atoms with van der Waals surface area (Å²) >= 11 is 0. The van der Waals surface area contributed by atoms with Crippen LogP contribution in [0.2, 0.25) is 0 Å². The number of nitrogens with one attached hydrogen (secondary N) is 2. The van der Waals surface area contributed by atoms with Crippen molar-refractivity contribution in [1.82, 2.24) is 15.2 Å². The maximum atomic E-state index is 12.4. The van der Waals surface area contributed by atoms with Gasteiger partial charge in [0.15, 0.2) is 0 Å². The lowest BCUT2D eigenvalue weighted by atomic mass is 10.1. The van der Waals surface area contributed by atoms with Crippen molar-refractivity contribution >= 4 is 12.0 Å². The topological polar surface area (TPSA) is 92.6 Å². The molecule has 10 heteroatoms. The lowest BCUT2D eigenvalue weighted by Gasteiger charge is -2.26. The highest BCUT2D eigenvalue weighted by atomic mass is 19.4. The van der Waals surface area contributed by atoms with E-state index >= 15 is 0 Å². The van der Waals surface area contributed by atoms with E-state index in [1.807, 2.05) is 0 Å². The van der Waals surface area contributed by atoms with Crippen molar-refractivity contribution in [2.45, 2.75) is 25.2 Å². The first-order valence-corrected chi connectivity index (χ1v) is 8.56. The van der Waals surface area contributed by atoms with Crippen molar-refractivity contribution in [3.8, 4) is 16.9 Å². The molecule has 0 bridgehead atoms. The molecule has 0 unspecified atom stereocenters. The molecule has 1 atom stereocenters.